The Hall–Kier alpha value is -0.100. The van der Waals surface area contributed by atoms with Gasteiger partial charge < -0.3 is 9.84 Å². The molecule has 0 fully saturated rings. The van der Waals surface area contributed by atoms with Crippen LogP contribution in [0.2, 0.25) is 0 Å². The van der Waals surface area contributed by atoms with Crippen LogP contribution in [0.3, 0.4) is 0 Å². The van der Waals surface area contributed by atoms with Crippen molar-refractivity contribution in [3.8, 4) is 0 Å². The molecule has 15 heavy (non-hydrogen) atoms. The number of rotatable bonds is 4. The Kier molecular flexibility index (Phi) is 8.33. The van der Waals surface area contributed by atoms with E-state index in [4.69, 9.17) is 9.84 Å². The number of aliphatic carboxylic acids is 1. The molecule has 0 saturated carbocycles. The average molecular weight is 227 g/mol. The van der Waals surface area contributed by atoms with Gasteiger partial charge in [-0.05, 0) is 27.8 Å². The summed E-state index contributed by atoms with van der Waals surface area (Å²) in [5.74, 6) is -1.38. The number of hydrogen-bond donors (Lipinski definition) is 1. The zero-order chi connectivity index (χ0) is 11.4. The van der Waals surface area contributed by atoms with Crippen molar-refractivity contribution in [2.75, 3.05) is 20.1 Å². The topological polar surface area (TPSA) is 66.8 Å². The Bertz CT molecular complexity index is 225. The van der Waals surface area contributed by atoms with Gasteiger partial charge in [0.2, 0.25) is 0 Å². The quantitative estimate of drug-likeness (QED) is 0.527. The first-order valence-corrected chi connectivity index (χ1v) is 4.33. The Labute approximate surface area is 112 Å². The van der Waals surface area contributed by atoms with Crippen LogP contribution >= 0.6 is 0 Å². The second-order valence-corrected chi connectivity index (χ2v) is 4.15. The van der Waals surface area contributed by atoms with Crippen LogP contribution in [0.25, 0.3) is 0 Å². The van der Waals surface area contributed by atoms with E-state index in [-0.39, 0.29) is 42.6 Å². The van der Waals surface area contributed by atoms with Gasteiger partial charge in [-0.3, -0.25) is 14.5 Å². The number of esters is 1. The average Bonchev–Trinajstić information content (AvgIpc) is 1.77. The molecule has 0 rings (SSSR count). The van der Waals surface area contributed by atoms with Gasteiger partial charge in [-0.15, -0.1) is 0 Å². The van der Waals surface area contributed by atoms with E-state index in [1.165, 1.54) is 4.90 Å². The molecule has 84 valence electrons. The van der Waals surface area contributed by atoms with E-state index < -0.39 is 17.5 Å². The Morgan fingerprint density at radius 2 is 1.73 bits per heavy atom. The molecule has 0 aliphatic carbocycles. The number of hydrogen-bond acceptors (Lipinski definition) is 4. The van der Waals surface area contributed by atoms with E-state index >= 15 is 0 Å². The van der Waals surface area contributed by atoms with Crippen LogP contribution in [0.15, 0.2) is 0 Å². The van der Waals surface area contributed by atoms with E-state index in [0.29, 0.717) is 0 Å². The fourth-order valence-corrected chi connectivity index (χ4v) is 0.881. The molecule has 5 nitrogen and oxygen atoms in total. The third-order valence-corrected chi connectivity index (χ3v) is 1.22. The molecule has 0 atom stereocenters. The molecule has 0 aromatic carbocycles. The maximum absolute atomic E-state index is 11.2. The molecule has 0 aromatic rings. The van der Waals surface area contributed by atoms with E-state index in [0.717, 1.165) is 0 Å². The summed E-state index contributed by atoms with van der Waals surface area (Å²) in [6.07, 6.45) is 0. The minimum absolute atomic E-state index is 0. The molecule has 0 bridgehead atoms. The molecule has 0 radical (unpaired) electrons. The summed E-state index contributed by atoms with van der Waals surface area (Å²) in [5.41, 5.74) is -0.527. The van der Waals surface area contributed by atoms with Gasteiger partial charge in [-0.1, -0.05) is 0 Å². The second kappa shape index (κ2) is 7.22. The SMILES string of the molecule is CN(CC(=O)O)CC(=O)OC(C)(C)C.[NaH]. The first-order valence-electron chi connectivity index (χ1n) is 4.33. The fourth-order valence-electron chi connectivity index (χ4n) is 0.881. The maximum atomic E-state index is 11.2. The van der Waals surface area contributed by atoms with Gasteiger partial charge in [0.15, 0.2) is 0 Å². The van der Waals surface area contributed by atoms with Crippen LogP contribution in [0.4, 0.5) is 0 Å². The molecule has 0 saturated heterocycles. The molecule has 0 spiro atoms. The molecule has 0 amide bonds. The summed E-state index contributed by atoms with van der Waals surface area (Å²) in [6.45, 7) is 5.12. The minimum atomic E-state index is -0.962. The fraction of sp³-hybridized carbons (Fsp3) is 0.778. The van der Waals surface area contributed by atoms with Gasteiger partial charge in [0, 0.05) is 0 Å². The van der Waals surface area contributed by atoms with Crippen LogP contribution in [-0.4, -0.2) is 77.2 Å². The summed E-state index contributed by atoms with van der Waals surface area (Å²) >= 11 is 0. The van der Waals surface area contributed by atoms with Gasteiger partial charge in [0.1, 0.15) is 5.60 Å². The van der Waals surface area contributed by atoms with E-state index in [1.807, 2.05) is 0 Å². The third kappa shape index (κ3) is 11.8. The molecule has 6 heteroatoms. The molecule has 0 aliphatic rings. The Balaban J connectivity index is 0. The van der Waals surface area contributed by atoms with Crippen LogP contribution in [0.5, 0.6) is 0 Å². The zero-order valence-corrected chi connectivity index (χ0v) is 9.03. The van der Waals surface area contributed by atoms with E-state index in [1.54, 1.807) is 27.8 Å². The number of carbonyl (C=O) groups is 2. The zero-order valence-electron chi connectivity index (χ0n) is 9.03. The monoisotopic (exact) mass is 227 g/mol. The summed E-state index contributed by atoms with van der Waals surface area (Å²) in [6, 6.07) is 0. The van der Waals surface area contributed by atoms with Crippen LogP contribution in [0.1, 0.15) is 20.8 Å². The van der Waals surface area contributed by atoms with Crippen LogP contribution in [-0.2, 0) is 14.3 Å². The molecular weight excluding hydrogens is 209 g/mol. The number of ether oxygens (including phenoxy) is 1. The van der Waals surface area contributed by atoms with E-state index in [2.05, 4.69) is 0 Å². The van der Waals surface area contributed by atoms with Crippen molar-refractivity contribution < 1.29 is 19.4 Å². The van der Waals surface area contributed by atoms with Gasteiger partial charge in [-0.2, -0.15) is 0 Å². The molecule has 0 heterocycles. The predicted molar refractivity (Wildman–Crippen MR) is 58.1 cm³/mol. The summed E-state index contributed by atoms with van der Waals surface area (Å²) in [4.78, 5) is 22.9. The molecule has 0 aromatic heterocycles. The molecular formula is C9H18NNaO4. The van der Waals surface area contributed by atoms with Crippen molar-refractivity contribution in [3.63, 3.8) is 0 Å². The Morgan fingerprint density at radius 1 is 1.27 bits per heavy atom. The molecule has 0 aliphatic heterocycles. The first-order chi connectivity index (χ1) is 6.20. The standard InChI is InChI=1S/C9H17NO4.Na.H/c1-9(2,3)14-8(13)6-10(4)5-7(11)12;;/h5-6H2,1-4H3,(H,11,12);;. The van der Waals surface area contributed by atoms with Crippen molar-refractivity contribution in [1.82, 2.24) is 4.90 Å². The summed E-state index contributed by atoms with van der Waals surface area (Å²) in [7, 11) is 1.55. The van der Waals surface area contributed by atoms with E-state index in [9.17, 15) is 9.59 Å². The number of carboxylic acids is 1. The van der Waals surface area contributed by atoms with Crippen molar-refractivity contribution in [1.29, 1.82) is 0 Å². The van der Waals surface area contributed by atoms with Crippen molar-refractivity contribution in [3.05, 3.63) is 0 Å². The molecule has 0 unspecified atom stereocenters. The second-order valence-electron chi connectivity index (χ2n) is 4.15. The van der Waals surface area contributed by atoms with Crippen LogP contribution in [0, 0.1) is 0 Å². The number of carbonyl (C=O) groups excluding carboxylic acids is 1. The van der Waals surface area contributed by atoms with Gasteiger partial charge in [0.25, 0.3) is 0 Å². The van der Waals surface area contributed by atoms with Crippen molar-refractivity contribution >= 4 is 41.5 Å². The summed E-state index contributed by atoms with van der Waals surface area (Å²) < 4.78 is 5.02. The normalized spacial score (nSPS) is 10.7. The number of carboxylic acid groups (broad SMARTS) is 1. The van der Waals surface area contributed by atoms with Crippen LogP contribution < -0.4 is 0 Å². The predicted octanol–water partition coefficient (Wildman–Crippen LogP) is -0.304. The van der Waals surface area contributed by atoms with Gasteiger partial charge in [0.05, 0.1) is 13.1 Å². The van der Waals surface area contributed by atoms with Crippen molar-refractivity contribution in [2.24, 2.45) is 0 Å². The molecule has 1 N–H and O–H groups in total. The summed E-state index contributed by atoms with van der Waals surface area (Å²) in [5, 5.41) is 8.44. The van der Waals surface area contributed by atoms with Crippen molar-refractivity contribution in [2.45, 2.75) is 26.4 Å². The Morgan fingerprint density at radius 3 is 2.07 bits per heavy atom. The van der Waals surface area contributed by atoms with Gasteiger partial charge in [-0.25, -0.2) is 0 Å². The number of nitrogens with zero attached hydrogens (tertiary/aromatic N) is 1. The third-order valence-electron chi connectivity index (χ3n) is 1.22. The number of likely N-dealkylation sites (N-methyl/N-ethyl adjacent to an activating group) is 1. The van der Waals surface area contributed by atoms with Gasteiger partial charge >= 0.3 is 41.5 Å². The first kappa shape index (κ1) is 17.3.